The number of rotatable bonds is 4. The van der Waals surface area contributed by atoms with Gasteiger partial charge in [0, 0.05) is 52.0 Å². The normalized spacial score (nSPS) is 17.7. The third-order valence-electron chi connectivity index (χ3n) is 6.17. The maximum absolute atomic E-state index is 12.5. The Labute approximate surface area is 183 Å². The van der Waals surface area contributed by atoms with Crippen LogP contribution in [0.4, 0.5) is 10.6 Å². The number of piperazine rings is 1. The highest BCUT2D eigenvalue weighted by Gasteiger charge is 2.26. The number of pyridine rings is 1. The van der Waals surface area contributed by atoms with Gasteiger partial charge >= 0.3 is 6.03 Å². The zero-order valence-electron chi connectivity index (χ0n) is 18.3. The van der Waals surface area contributed by atoms with Gasteiger partial charge in [-0.2, -0.15) is 0 Å². The van der Waals surface area contributed by atoms with Crippen LogP contribution in [0.15, 0.2) is 34.9 Å². The average molecular weight is 426 g/mol. The molecule has 1 N–H and O–H groups in total. The molecule has 2 aliphatic rings. The van der Waals surface area contributed by atoms with Crippen LogP contribution in [0.3, 0.4) is 0 Å². The Morgan fingerprint density at radius 3 is 2.35 bits per heavy atom. The molecule has 8 heteroatoms. The zero-order valence-corrected chi connectivity index (χ0v) is 18.3. The van der Waals surface area contributed by atoms with E-state index in [1.54, 1.807) is 21.9 Å². The number of piperidine rings is 1. The van der Waals surface area contributed by atoms with Crippen LogP contribution in [-0.4, -0.2) is 66.0 Å². The molecule has 2 fully saturated rings. The minimum atomic E-state index is -0.123. The van der Waals surface area contributed by atoms with Gasteiger partial charge in [-0.15, -0.1) is 0 Å². The number of aryl methyl sites for hydroxylation is 1. The monoisotopic (exact) mass is 425 g/mol. The van der Waals surface area contributed by atoms with Crippen LogP contribution < -0.4 is 10.2 Å². The van der Waals surface area contributed by atoms with Crippen LogP contribution in [0.5, 0.6) is 0 Å². The molecule has 31 heavy (non-hydrogen) atoms. The van der Waals surface area contributed by atoms with E-state index in [4.69, 9.17) is 4.42 Å². The van der Waals surface area contributed by atoms with E-state index in [9.17, 15) is 9.59 Å². The zero-order chi connectivity index (χ0) is 21.8. The molecule has 3 amide bonds. The number of urea groups is 1. The lowest BCUT2D eigenvalue weighted by molar-refractivity contribution is 0.0632. The van der Waals surface area contributed by atoms with Gasteiger partial charge in [-0.3, -0.25) is 4.79 Å². The number of carbonyl (C=O) groups excluding carboxylic acids is 2. The highest BCUT2D eigenvalue weighted by molar-refractivity contribution is 5.91. The van der Waals surface area contributed by atoms with Crippen molar-refractivity contribution in [1.29, 1.82) is 0 Å². The van der Waals surface area contributed by atoms with E-state index < -0.39 is 0 Å². The molecule has 4 rings (SSSR count). The number of furan rings is 1. The molecule has 4 heterocycles. The summed E-state index contributed by atoms with van der Waals surface area (Å²) >= 11 is 0. The van der Waals surface area contributed by atoms with Crippen LogP contribution >= 0.6 is 0 Å². The summed E-state index contributed by atoms with van der Waals surface area (Å²) in [5, 5.41) is 2.96. The van der Waals surface area contributed by atoms with Crippen molar-refractivity contribution in [3.63, 3.8) is 0 Å². The molecule has 2 aliphatic heterocycles. The Morgan fingerprint density at radius 2 is 1.74 bits per heavy atom. The van der Waals surface area contributed by atoms with Crippen molar-refractivity contribution in [2.75, 3.05) is 44.2 Å². The molecule has 0 saturated carbocycles. The van der Waals surface area contributed by atoms with Gasteiger partial charge in [-0.1, -0.05) is 13.0 Å². The first-order chi connectivity index (χ1) is 15.0. The molecule has 0 unspecified atom stereocenters. The number of hydrogen-bond donors (Lipinski definition) is 1. The molecule has 0 bridgehead atoms. The SMILES string of the molecule is Cc1ccc(C(=O)N2CCN(C(=O)NCc3ccc(N4CCC(C)CC4)nc3)CC2)o1. The predicted molar refractivity (Wildman–Crippen MR) is 118 cm³/mol. The molecular weight excluding hydrogens is 394 g/mol. The van der Waals surface area contributed by atoms with Crippen molar-refractivity contribution in [1.82, 2.24) is 20.1 Å². The van der Waals surface area contributed by atoms with Gasteiger partial charge in [-0.05, 0) is 49.4 Å². The minimum absolute atomic E-state index is 0.116. The van der Waals surface area contributed by atoms with Crippen molar-refractivity contribution in [3.05, 3.63) is 47.5 Å². The number of hydrogen-bond acceptors (Lipinski definition) is 5. The second-order valence-corrected chi connectivity index (χ2v) is 8.54. The summed E-state index contributed by atoms with van der Waals surface area (Å²) < 4.78 is 5.42. The lowest BCUT2D eigenvalue weighted by atomic mass is 9.99. The van der Waals surface area contributed by atoms with Gasteiger partial charge in [0.15, 0.2) is 5.76 Å². The van der Waals surface area contributed by atoms with E-state index in [0.29, 0.717) is 38.5 Å². The number of nitrogens with one attached hydrogen (secondary N) is 1. The van der Waals surface area contributed by atoms with E-state index in [1.807, 2.05) is 25.3 Å². The first-order valence-electron chi connectivity index (χ1n) is 11.1. The number of aromatic nitrogens is 1. The minimum Gasteiger partial charge on any atom is -0.456 e. The van der Waals surface area contributed by atoms with E-state index in [1.165, 1.54) is 12.8 Å². The highest BCUT2D eigenvalue weighted by atomic mass is 16.3. The summed E-state index contributed by atoms with van der Waals surface area (Å²) in [6.45, 7) is 8.66. The van der Waals surface area contributed by atoms with Crippen molar-refractivity contribution in [2.45, 2.75) is 33.2 Å². The molecule has 0 atom stereocenters. The van der Waals surface area contributed by atoms with Crippen molar-refractivity contribution in [2.24, 2.45) is 5.92 Å². The average Bonchev–Trinajstić information content (AvgIpc) is 3.24. The fourth-order valence-electron chi connectivity index (χ4n) is 4.05. The quantitative estimate of drug-likeness (QED) is 0.815. The molecule has 166 valence electrons. The van der Waals surface area contributed by atoms with Crippen LogP contribution in [-0.2, 0) is 6.54 Å². The summed E-state index contributed by atoms with van der Waals surface area (Å²) in [6, 6.07) is 7.43. The molecular formula is C23H31N5O3. The number of anilines is 1. The van der Waals surface area contributed by atoms with Crippen LogP contribution in [0.25, 0.3) is 0 Å². The van der Waals surface area contributed by atoms with Gasteiger partial charge in [-0.25, -0.2) is 9.78 Å². The van der Waals surface area contributed by atoms with Crippen LogP contribution in [0.1, 0.15) is 41.6 Å². The molecule has 0 radical (unpaired) electrons. The standard InChI is InChI=1S/C23H31N5O3/c1-17-7-9-26(10-8-17)21-6-4-19(15-24-21)16-25-23(30)28-13-11-27(12-14-28)22(29)20-5-3-18(2)31-20/h3-6,15,17H,7-14,16H2,1-2H3,(H,25,30). The molecule has 8 nitrogen and oxygen atoms in total. The Bertz CT molecular complexity index is 894. The Morgan fingerprint density at radius 1 is 1.03 bits per heavy atom. The Hall–Kier alpha value is -3.03. The second-order valence-electron chi connectivity index (χ2n) is 8.54. The molecule has 2 aromatic heterocycles. The lowest BCUT2D eigenvalue weighted by Gasteiger charge is -2.34. The summed E-state index contributed by atoms with van der Waals surface area (Å²) in [5.74, 6) is 2.75. The summed E-state index contributed by atoms with van der Waals surface area (Å²) in [7, 11) is 0. The molecule has 0 aliphatic carbocycles. The number of carbonyl (C=O) groups is 2. The summed E-state index contributed by atoms with van der Waals surface area (Å²) in [6.07, 6.45) is 4.26. The van der Waals surface area contributed by atoms with Gasteiger partial charge < -0.3 is 24.4 Å². The summed E-state index contributed by atoms with van der Waals surface area (Å²) in [4.78, 5) is 35.4. The smallest absolute Gasteiger partial charge is 0.317 e. The lowest BCUT2D eigenvalue weighted by Crippen LogP contribution is -2.53. The van der Waals surface area contributed by atoms with Crippen LogP contribution in [0.2, 0.25) is 0 Å². The topological polar surface area (TPSA) is 81.9 Å². The van der Waals surface area contributed by atoms with Gasteiger partial charge in [0.2, 0.25) is 0 Å². The fourth-order valence-corrected chi connectivity index (χ4v) is 4.05. The van der Waals surface area contributed by atoms with Crippen molar-refractivity contribution in [3.8, 4) is 0 Å². The van der Waals surface area contributed by atoms with Gasteiger partial charge in [0.1, 0.15) is 11.6 Å². The molecule has 0 spiro atoms. The number of nitrogens with zero attached hydrogens (tertiary/aromatic N) is 4. The van der Waals surface area contributed by atoms with E-state index in [0.717, 1.165) is 36.1 Å². The predicted octanol–water partition coefficient (Wildman–Crippen LogP) is 2.89. The first-order valence-corrected chi connectivity index (χ1v) is 11.1. The summed E-state index contributed by atoms with van der Waals surface area (Å²) in [5.41, 5.74) is 0.976. The van der Waals surface area contributed by atoms with Gasteiger partial charge in [0.25, 0.3) is 5.91 Å². The number of amides is 3. The van der Waals surface area contributed by atoms with E-state index >= 15 is 0 Å². The fraction of sp³-hybridized carbons (Fsp3) is 0.522. The molecule has 2 saturated heterocycles. The van der Waals surface area contributed by atoms with Crippen molar-refractivity contribution >= 4 is 17.8 Å². The third-order valence-corrected chi connectivity index (χ3v) is 6.17. The first kappa shape index (κ1) is 21.2. The molecule has 0 aromatic carbocycles. The largest absolute Gasteiger partial charge is 0.456 e. The van der Waals surface area contributed by atoms with Crippen LogP contribution in [0, 0.1) is 12.8 Å². The van der Waals surface area contributed by atoms with E-state index in [-0.39, 0.29) is 11.9 Å². The van der Waals surface area contributed by atoms with Crippen molar-refractivity contribution < 1.29 is 14.0 Å². The second kappa shape index (κ2) is 9.41. The highest BCUT2D eigenvalue weighted by Crippen LogP contribution is 2.21. The maximum atomic E-state index is 12.5. The van der Waals surface area contributed by atoms with E-state index in [2.05, 4.69) is 22.1 Å². The third kappa shape index (κ3) is 5.18. The van der Waals surface area contributed by atoms with Gasteiger partial charge in [0.05, 0.1) is 0 Å². The molecule has 2 aromatic rings. The Balaban J connectivity index is 1.22. The Kier molecular flexibility index (Phi) is 6.44. The maximum Gasteiger partial charge on any atom is 0.317 e.